The van der Waals surface area contributed by atoms with E-state index in [1.54, 1.807) is 17.7 Å². The fraction of sp³-hybridized carbons (Fsp3) is 0.533. The van der Waals surface area contributed by atoms with Crippen molar-refractivity contribution in [2.45, 2.75) is 33.2 Å². The number of rotatable bonds is 8. The van der Waals surface area contributed by atoms with Gasteiger partial charge in [-0.25, -0.2) is 0 Å². The molecule has 0 atom stereocenters. The van der Waals surface area contributed by atoms with Gasteiger partial charge in [0.05, 0.1) is 3.79 Å². The number of guanidine groups is 1. The van der Waals surface area contributed by atoms with Crippen LogP contribution in [-0.4, -0.2) is 40.4 Å². The quantitative estimate of drug-likeness (QED) is 0.529. The molecule has 126 valence electrons. The molecule has 6 nitrogen and oxygen atoms in total. The SMILES string of the molecule is CCNC(=NCCc1ccc(Br)s1)NCCn1cnnc1CC. The van der Waals surface area contributed by atoms with Gasteiger partial charge < -0.3 is 15.2 Å². The first-order chi connectivity index (χ1) is 11.2. The van der Waals surface area contributed by atoms with Crippen molar-refractivity contribution in [3.8, 4) is 0 Å². The van der Waals surface area contributed by atoms with E-state index in [9.17, 15) is 0 Å². The Hall–Kier alpha value is -1.41. The molecule has 2 rings (SSSR count). The minimum atomic E-state index is 0.773. The fourth-order valence-electron chi connectivity index (χ4n) is 2.14. The number of aliphatic imine (C=N–C) groups is 1. The van der Waals surface area contributed by atoms with Crippen molar-refractivity contribution >= 4 is 33.2 Å². The number of halogens is 1. The zero-order valence-corrected chi connectivity index (χ0v) is 16.0. The largest absolute Gasteiger partial charge is 0.357 e. The van der Waals surface area contributed by atoms with Crippen LogP contribution >= 0.6 is 27.3 Å². The maximum absolute atomic E-state index is 4.62. The van der Waals surface area contributed by atoms with Crippen molar-refractivity contribution in [3.05, 3.63) is 32.9 Å². The Morgan fingerprint density at radius 2 is 2.22 bits per heavy atom. The van der Waals surface area contributed by atoms with Gasteiger partial charge in [-0.3, -0.25) is 4.99 Å². The number of aryl methyl sites for hydroxylation is 1. The molecule has 0 unspecified atom stereocenters. The normalized spacial score (nSPS) is 11.7. The second kappa shape index (κ2) is 9.67. The topological polar surface area (TPSA) is 67.1 Å². The summed E-state index contributed by atoms with van der Waals surface area (Å²) in [5.74, 6) is 1.87. The minimum Gasteiger partial charge on any atom is -0.357 e. The van der Waals surface area contributed by atoms with E-state index in [1.807, 2.05) is 0 Å². The lowest BCUT2D eigenvalue weighted by Crippen LogP contribution is -2.39. The number of hydrogen-bond donors (Lipinski definition) is 2. The van der Waals surface area contributed by atoms with Gasteiger partial charge in [0.25, 0.3) is 0 Å². The van der Waals surface area contributed by atoms with Gasteiger partial charge >= 0.3 is 0 Å². The number of nitrogens with zero attached hydrogens (tertiary/aromatic N) is 4. The summed E-state index contributed by atoms with van der Waals surface area (Å²) in [6.45, 7) is 7.41. The smallest absolute Gasteiger partial charge is 0.191 e. The molecule has 23 heavy (non-hydrogen) atoms. The molecule has 0 bridgehead atoms. The molecule has 0 aliphatic heterocycles. The molecular weight excluding hydrogens is 376 g/mol. The van der Waals surface area contributed by atoms with E-state index in [4.69, 9.17) is 0 Å². The molecule has 2 aromatic heterocycles. The number of hydrogen-bond acceptors (Lipinski definition) is 4. The van der Waals surface area contributed by atoms with Gasteiger partial charge in [0.15, 0.2) is 5.96 Å². The Bertz CT molecular complexity index is 621. The minimum absolute atomic E-state index is 0.773. The number of nitrogens with one attached hydrogen (secondary N) is 2. The van der Waals surface area contributed by atoms with Crippen LogP contribution in [0.4, 0.5) is 0 Å². The van der Waals surface area contributed by atoms with Gasteiger partial charge in [-0.1, -0.05) is 6.92 Å². The lowest BCUT2D eigenvalue weighted by Gasteiger charge is -2.12. The Balaban J connectivity index is 1.79. The van der Waals surface area contributed by atoms with Crippen LogP contribution in [0.2, 0.25) is 0 Å². The van der Waals surface area contributed by atoms with Gasteiger partial charge in [-0.05, 0) is 35.0 Å². The zero-order valence-electron chi connectivity index (χ0n) is 13.5. The maximum atomic E-state index is 4.62. The van der Waals surface area contributed by atoms with Gasteiger partial charge in [-0.2, -0.15) is 0 Å². The Morgan fingerprint density at radius 3 is 2.91 bits per heavy atom. The lowest BCUT2D eigenvalue weighted by atomic mass is 10.3. The van der Waals surface area contributed by atoms with E-state index in [1.165, 1.54) is 8.66 Å². The van der Waals surface area contributed by atoms with E-state index in [2.05, 4.69) is 72.3 Å². The average molecular weight is 399 g/mol. The number of aromatic nitrogens is 3. The highest BCUT2D eigenvalue weighted by Gasteiger charge is 2.02. The highest BCUT2D eigenvalue weighted by Crippen LogP contribution is 2.22. The van der Waals surface area contributed by atoms with Crippen molar-refractivity contribution < 1.29 is 0 Å². The van der Waals surface area contributed by atoms with Crippen LogP contribution in [0.25, 0.3) is 0 Å². The maximum Gasteiger partial charge on any atom is 0.191 e. The molecule has 0 amide bonds. The van der Waals surface area contributed by atoms with Gasteiger partial charge in [-0.15, -0.1) is 21.5 Å². The van der Waals surface area contributed by atoms with Crippen LogP contribution < -0.4 is 10.6 Å². The summed E-state index contributed by atoms with van der Waals surface area (Å²) < 4.78 is 3.24. The molecule has 0 aliphatic carbocycles. The molecule has 0 saturated carbocycles. The van der Waals surface area contributed by atoms with Crippen LogP contribution in [-0.2, 0) is 19.4 Å². The molecule has 0 fully saturated rings. The molecule has 0 saturated heterocycles. The van der Waals surface area contributed by atoms with Gasteiger partial charge in [0, 0.05) is 43.9 Å². The highest BCUT2D eigenvalue weighted by molar-refractivity contribution is 9.11. The van der Waals surface area contributed by atoms with Crippen LogP contribution in [0.15, 0.2) is 27.2 Å². The molecule has 8 heteroatoms. The standard InChI is InChI=1S/C15H23BrN6S/c1-3-14-21-20-11-22(14)10-9-19-15(17-4-2)18-8-7-12-5-6-13(16)23-12/h5-6,11H,3-4,7-10H2,1-2H3,(H2,17,18,19). The summed E-state index contributed by atoms with van der Waals surface area (Å²) in [4.78, 5) is 5.97. The van der Waals surface area contributed by atoms with Gasteiger partial charge in [0.2, 0.25) is 0 Å². The van der Waals surface area contributed by atoms with E-state index in [0.29, 0.717) is 0 Å². The number of thiophene rings is 1. The molecule has 0 radical (unpaired) electrons. The zero-order chi connectivity index (χ0) is 16.5. The predicted molar refractivity (Wildman–Crippen MR) is 99.1 cm³/mol. The summed E-state index contributed by atoms with van der Waals surface area (Å²) in [6, 6.07) is 4.22. The summed E-state index contributed by atoms with van der Waals surface area (Å²) in [7, 11) is 0. The third-order valence-corrected chi connectivity index (χ3v) is 4.94. The molecule has 0 aromatic carbocycles. The van der Waals surface area contributed by atoms with Crippen LogP contribution in [0.1, 0.15) is 24.5 Å². The molecule has 2 heterocycles. The predicted octanol–water partition coefficient (Wildman–Crippen LogP) is 2.46. The van der Waals surface area contributed by atoms with Crippen molar-refractivity contribution in [2.24, 2.45) is 4.99 Å². The second-order valence-corrected chi connectivity index (χ2v) is 7.48. The van der Waals surface area contributed by atoms with Crippen molar-refractivity contribution in [1.82, 2.24) is 25.4 Å². The Labute approximate surface area is 149 Å². The first kappa shape index (κ1) is 17.9. The van der Waals surface area contributed by atoms with E-state index < -0.39 is 0 Å². The summed E-state index contributed by atoms with van der Waals surface area (Å²) in [6.07, 6.45) is 3.63. The Morgan fingerprint density at radius 1 is 1.35 bits per heavy atom. The molecule has 0 aliphatic rings. The van der Waals surface area contributed by atoms with Crippen LogP contribution in [0, 0.1) is 0 Å². The highest BCUT2D eigenvalue weighted by atomic mass is 79.9. The average Bonchev–Trinajstić information content (AvgIpc) is 3.16. The Kier molecular flexibility index (Phi) is 7.54. The molecule has 2 aromatic rings. The summed E-state index contributed by atoms with van der Waals surface area (Å²) >= 11 is 5.25. The summed E-state index contributed by atoms with van der Waals surface area (Å²) in [5, 5.41) is 14.7. The van der Waals surface area contributed by atoms with Gasteiger partial charge in [0.1, 0.15) is 12.2 Å². The molecular formula is C15H23BrN6S. The third kappa shape index (κ3) is 5.95. The molecule has 0 spiro atoms. The lowest BCUT2D eigenvalue weighted by molar-refractivity contribution is 0.632. The first-order valence-corrected chi connectivity index (χ1v) is 9.47. The van der Waals surface area contributed by atoms with Crippen LogP contribution in [0.3, 0.4) is 0 Å². The van der Waals surface area contributed by atoms with Crippen molar-refractivity contribution in [1.29, 1.82) is 0 Å². The monoisotopic (exact) mass is 398 g/mol. The fourth-order valence-corrected chi connectivity index (χ4v) is 3.61. The van der Waals surface area contributed by atoms with E-state index in [0.717, 1.165) is 50.8 Å². The summed E-state index contributed by atoms with van der Waals surface area (Å²) in [5.41, 5.74) is 0. The first-order valence-electron chi connectivity index (χ1n) is 7.86. The van der Waals surface area contributed by atoms with Crippen molar-refractivity contribution in [2.75, 3.05) is 19.6 Å². The molecule has 2 N–H and O–H groups in total. The second-order valence-electron chi connectivity index (χ2n) is 4.94. The third-order valence-electron chi connectivity index (χ3n) is 3.26. The van der Waals surface area contributed by atoms with E-state index >= 15 is 0 Å². The van der Waals surface area contributed by atoms with E-state index in [-0.39, 0.29) is 0 Å². The van der Waals surface area contributed by atoms with Crippen LogP contribution in [0.5, 0.6) is 0 Å². The van der Waals surface area contributed by atoms with Crippen molar-refractivity contribution in [3.63, 3.8) is 0 Å².